The van der Waals surface area contributed by atoms with E-state index in [2.05, 4.69) is 0 Å². The minimum atomic E-state index is -0.451. The van der Waals surface area contributed by atoms with Crippen LogP contribution in [0, 0.1) is 11.6 Å². The van der Waals surface area contributed by atoms with E-state index >= 15 is 0 Å². The fourth-order valence-corrected chi connectivity index (χ4v) is 2.17. The Morgan fingerprint density at radius 2 is 1.78 bits per heavy atom. The average Bonchev–Trinajstić information content (AvgIpc) is 2.56. The van der Waals surface area contributed by atoms with Gasteiger partial charge < -0.3 is 9.64 Å². The Morgan fingerprint density at radius 3 is 2.43 bits per heavy atom. The maximum absolute atomic E-state index is 13.4. The molecule has 0 aromatic heterocycles. The second-order valence-electron chi connectivity index (χ2n) is 5.26. The van der Waals surface area contributed by atoms with Crippen LogP contribution in [-0.2, 0) is 4.79 Å². The molecular formula is C18H19F2NO2. The zero-order valence-corrected chi connectivity index (χ0v) is 13.1. The molecule has 0 aliphatic carbocycles. The molecule has 2 aromatic rings. The topological polar surface area (TPSA) is 29.5 Å². The van der Waals surface area contributed by atoms with Gasteiger partial charge in [-0.25, -0.2) is 8.78 Å². The molecule has 1 amide bonds. The van der Waals surface area contributed by atoms with Crippen LogP contribution in [0.3, 0.4) is 0 Å². The van der Waals surface area contributed by atoms with Crippen molar-refractivity contribution in [2.75, 3.05) is 13.7 Å². The minimum absolute atomic E-state index is 0.0975. The number of halogens is 2. The van der Waals surface area contributed by atoms with Crippen molar-refractivity contribution in [2.24, 2.45) is 0 Å². The summed E-state index contributed by atoms with van der Waals surface area (Å²) in [6, 6.07) is 11.9. The van der Waals surface area contributed by atoms with Gasteiger partial charge in [-0.15, -0.1) is 0 Å². The maximum Gasteiger partial charge on any atom is 0.226 e. The van der Waals surface area contributed by atoms with E-state index in [4.69, 9.17) is 4.74 Å². The normalized spacial score (nSPS) is 11.8. The van der Waals surface area contributed by atoms with Crippen molar-refractivity contribution in [3.63, 3.8) is 0 Å². The molecule has 1 unspecified atom stereocenters. The third kappa shape index (κ3) is 4.52. The predicted molar refractivity (Wildman–Crippen MR) is 84.1 cm³/mol. The fourth-order valence-electron chi connectivity index (χ4n) is 2.17. The Hall–Kier alpha value is -2.43. The van der Waals surface area contributed by atoms with Crippen LogP contribution in [0.2, 0.25) is 0 Å². The Bertz CT molecular complexity index is 658. The van der Waals surface area contributed by atoms with Gasteiger partial charge in [0.2, 0.25) is 5.91 Å². The number of para-hydroxylation sites is 1. The number of ether oxygens (including phenoxy) is 1. The summed E-state index contributed by atoms with van der Waals surface area (Å²) in [5.41, 5.74) is 0.845. The van der Waals surface area contributed by atoms with Crippen LogP contribution in [-0.4, -0.2) is 24.5 Å². The van der Waals surface area contributed by atoms with Crippen molar-refractivity contribution in [3.8, 4) is 5.75 Å². The maximum atomic E-state index is 13.4. The van der Waals surface area contributed by atoms with Crippen molar-refractivity contribution in [1.82, 2.24) is 4.90 Å². The highest BCUT2D eigenvalue weighted by molar-refractivity contribution is 5.76. The van der Waals surface area contributed by atoms with Gasteiger partial charge in [-0.2, -0.15) is 0 Å². The molecule has 0 saturated carbocycles. The van der Waals surface area contributed by atoms with Crippen LogP contribution in [0.15, 0.2) is 48.5 Å². The summed E-state index contributed by atoms with van der Waals surface area (Å²) < 4.78 is 31.6. The molecule has 0 saturated heterocycles. The van der Waals surface area contributed by atoms with E-state index in [0.717, 1.165) is 5.56 Å². The molecule has 3 nitrogen and oxygen atoms in total. The molecule has 5 heteroatoms. The molecule has 0 N–H and O–H groups in total. The summed E-state index contributed by atoms with van der Waals surface area (Å²) in [7, 11) is 1.68. The summed E-state index contributed by atoms with van der Waals surface area (Å²) in [5, 5.41) is 0. The highest BCUT2D eigenvalue weighted by Crippen LogP contribution is 2.20. The van der Waals surface area contributed by atoms with Crippen LogP contribution in [0.25, 0.3) is 0 Å². The Morgan fingerprint density at radius 1 is 1.13 bits per heavy atom. The van der Waals surface area contributed by atoms with E-state index in [1.54, 1.807) is 36.2 Å². The standard InChI is InChI=1S/C18H19F2NO2/c1-13(14-7-9-15(19)10-8-14)21(2)18(22)11-12-23-17-6-4-3-5-16(17)20/h3-10,13H,11-12H2,1-2H3. The molecule has 0 spiro atoms. The first kappa shape index (κ1) is 16.9. The van der Waals surface area contributed by atoms with Gasteiger partial charge in [-0.05, 0) is 36.8 Å². The molecule has 0 aliphatic rings. The third-order valence-electron chi connectivity index (χ3n) is 3.74. The van der Waals surface area contributed by atoms with Crippen LogP contribution in [0.4, 0.5) is 8.78 Å². The second-order valence-corrected chi connectivity index (χ2v) is 5.26. The smallest absolute Gasteiger partial charge is 0.226 e. The minimum Gasteiger partial charge on any atom is -0.490 e. The largest absolute Gasteiger partial charge is 0.490 e. The molecule has 0 bridgehead atoms. The van der Waals surface area contributed by atoms with Gasteiger partial charge in [-0.1, -0.05) is 24.3 Å². The SMILES string of the molecule is CC(c1ccc(F)cc1)N(C)C(=O)CCOc1ccccc1F. The zero-order chi connectivity index (χ0) is 16.8. The lowest BCUT2D eigenvalue weighted by Gasteiger charge is -2.25. The van der Waals surface area contributed by atoms with Crippen LogP contribution >= 0.6 is 0 Å². The lowest BCUT2D eigenvalue weighted by atomic mass is 10.1. The van der Waals surface area contributed by atoms with Crippen molar-refractivity contribution < 1.29 is 18.3 Å². The first-order valence-electron chi connectivity index (χ1n) is 7.37. The monoisotopic (exact) mass is 319 g/mol. The first-order chi connectivity index (χ1) is 11.0. The molecular weight excluding hydrogens is 300 g/mol. The Balaban J connectivity index is 1.87. The van der Waals surface area contributed by atoms with E-state index < -0.39 is 5.82 Å². The predicted octanol–water partition coefficient (Wildman–Crippen LogP) is 3.95. The van der Waals surface area contributed by atoms with Gasteiger partial charge in [-0.3, -0.25) is 4.79 Å². The number of carbonyl (C=O) groups is 1. The highest BCUT2D eigenvalue weighted by atomic mass is 19.1. The number of nitrogens with zero attached hydrogens (tertiary/aromatic N) is 1. The van der Waals surface area contributed by atoms with Gasteiger partial charge in [0.1, 0.15) is 5.82 Å². The molecule has 0 heterocycles. The van der Waals surface area contributed by atoms with Gasteiger partial charge in [0, 0.05) is 7.05 Å². The lowest BCUT2D eigenvalue weighted by Crippen LogP contribution is -2.30. The van der Waals surface area contributed by atoms with E-state index in [9.17, 15) is 13.6 Å². The third-order valence-corrected chi connectivity index (χ3v) is 3.74. The van der Waals surface area contributed by atoms with Gasteiger partial charge in [0.05, 0.1) is 19.1 Å². The quantitative estimate of drug-likeness (QED) is 0.807. The molecule has 2 aromatic carbocycles. The zero-order valence-electron chi connectivity index (χ0n) is 13.1. The van der Waals surface area contributed by atoms with E-state index in [-0.39, 0.29) is 36.5 Å². The van der Waals surface area contributed by atoms with Crippen molar-refractivity contribution in [1.29, 1.82) is 0 Å². The molecule has 1 atom stereocenters. The number of benzene rings is 2. The summed E-state index contributed by atoms with van der Waals surface area (Å²) in [6.45, 7) is 1.96. The molecule has 2 rings (SSSR count). The van der Waals surface area contributed by atoms with Crippen LogP contribution < -0.4 is 4.74 Å². The van der Waals surface area contributed by atoms with Crippen LogP contribution in [0.5, 0.6) is 5.75 Å². The fraction of sp³-hybridized carbons (Fsp3) is 0.278. The second kappa shape index (κ2) is 7.72. The number of carbonyl (C=O) groups excluding carboxylic acids is 1. The summed E-state index contributed by atoms with van der Waals surface area (Å²) in [6.07, 6.45) is 0.135. The lowest BCUT2D eigenvalue weighted by molar-refractivity contribution is -0.132. The average molecular weight is 319 g/mol. The number of rotatable bonds is 6. The van der Waals surface area contributed by atoms with Crippen LogP contribution in [0.1, 0.15) is 24.9 Å². The van der Waals surface area contributed by atoms with Crippen molar-refractivity contribution in [2.45, 2.75) is 19.4 Å². The molecule has 122 valence electrons. The van der Waals surface area contributed by atoms with Gasteiger partial charge >= 0.3 is 0 Å². The number of hydrogen-bond donors (Lipinski definition) is 0. The number of amides is 1. The van der Waals surface area contributed by atoms with Crippen molar-refractivity contribution in [3.05, 3.63) is 65.7 Å². The van der Waals surface area contributed by atoms with E-state index in [1.165, 1.54) is 24.3 Å². The summed E-state index contributed by atoms with van der Waals surface area (Å²) >= 11 is 0. The van der Waals surface area contributed by atoms with E-state index in [0.29, 0.717) is 0 Å². The summed E-state index contributed by atoms with van der Waals surface area (Å²) in [4.78, 5) is 13.7. The summed E-state index contributed by atoms with van der Waals surface area (Å²) in [5.74, 6) is -0.756. The molecule has 0 radical (unpaired) electrons. The Kier molecular flexibility index (Phi) is 5.68. The Labute approximate surface area is 134 Å². The first-order valence-corrected chi connectivity index (χ1v) is 7.37. The van der Waals surface area contributed by atoms with E-state index in [1.807, 2.05) is 6.92 Å². The highest BCUT2D eigenvalue weighted by Gasteiger charge is 2.17. The van der Waals surface area contributed by atoms with Crippen molar-refractivity contribution >= 4 is 5.91 Å². The molecule has 23 heavy (non-hydrogen) atoms. The number of hydrogen-bond acceptors (Lipinski definition) is 2. The molecule has 0 fully saturated rings. The van der Waals surface area contributed by atoms with Gasteiger partial charge in [0.15, 0.2) is 11.6 Å². The van der Waals surface area contributed by atoms with Gasteiger partial charge in [0.25, 0.3) is 0 Å². The molecule has 0 aliphatic heterocycles.